The first-order valence-corrected chi connectivity index (χ1v) is 6.31. The summed E-state index contributed by atoms with van der Waals surface area (Å²) in [6.07, 6.45) is 1.11. The van der Waals surface area contributed by atoms with Crippen molar-refractivity contribution >= 4 is 31.7 Å². The van der Waals surface area contributed by atoms with E-state index in [0.717, 1.165) is 6.20 Å². The third kappa shape index (κ3) is 2.51. The number of halogens is 1. The first-order valence-electron chi connectivity index (χ1n) is 3.87. The Morgan fingerprint density at radius 3 is 2.67 bits per heavy atom. The second-order valence-electron chi connectivity index (χ2n) is 2.56. The van der Waals surface area contributed by atoms with Crippen molar-refractivity contribution < 1.29 is 18.3 Å². The van der Waals surface area contributed by atoms with Crippen molar-refractivity contribution in [3.05, 3.63) is 16.4 Å². The van der Waals surface area contributed by atoms with Gasteiger partial charge < -0.3 is 5.11 Å². The van der Waals surface area contributed by atoms with Crippen molar-refractivity contribution in [1.29, 1.82) is 0 Å². The summed E-state index contributed by atoms with van der Waals surface area (Å²) in [5.41, 5.74) is -0.364. The molecule has 0 amide bonds. The molecule has 1 rings (SSSR count). The molecule has 0 aromatic carbocycles. The van der Waals surface area contributed by atoms with Crippen molar-refractivity contribution in [2.24, 2.45) is 0 Å². The van der Waals surface area contributed by atoms with Gasteiger partial charge in [-0.2, -0.15) is 0 Å². The fraction of sp³-hybridized carbons (Fsp3) is 0.286. The molecule has 1 aromatic rings. The van der Waals surface area contributed by atoms with Crippen molar-refractivity contribution in [2.75, 3.05) is 5.75 Å². The van der Waals surface area contributed by atoms with Crippen LogP contribution in [0.4, 0.5) is 0 Å². The van der Waals surface area contributed by atoms with E-state index in [0.29, 0.717) is 0 Å². The highest BCUT2D eigenvalue weighted by Crippen LogP contribution is 2.15. The molecule has 1 N–H and O–H groups in total. The Balaban J connectivity index is 3.38. The molecular weight excluding hydrogens is 288 g/mol. The number of sulfone groups is 1. The average molecular weight is 295 g/mol. The van der Waals surface area contributed by atoms with E-state index < -0.39 is 21.0 Å². The van der Waals surface area contributed by atoms with Gasteiger partial charge in [0.2, 0.25) is 15.0 Å². The molecule has 8 heteroatoms. The maximum Gasteiger partial charge on any atom is 0.355 e. The van der Waals surface area contributed by atoms with E-state index in [-0.39, 0.29) is 15.9 Å². The summed E-state index contributed by atoms with van der Waals surface area (Å²) < 4.78 is 22.9. The Hall–Kier alpha value is -1.02. The van der Waals surface area contributed by atoms with Crippen LogP contribution in [0.5, 0.6) is 0 Å². The van der Waals surface area contributed by atoms with Crippen LogP contribution in [0.15, 0.2) is 15.8 Å². The van der Waals surface area contributed by atoms with Crippen molar-refractivity contribution in [2.45, 2.75) is 12.1 Å². The van der Waals surface area contributed by atoms with Gasteiger partial charge in [-0.05, 0) is 15.9 Å². The molecule has 0 aliphatic rings. The lowest BCUT2D eigenvalue weighted by Crippen LogP contribution is -2.12. The lowest BCUT2D eigenvalue weighted by Gasteiger charge is -2.01. The van der Waals surface area contributed by atoms with Gasteiger partial charge in [0.1, 0.15) is 0 Å². The topological polar surface area (TPSA) is 97.2 Å². The number of rotatable bonds is 3. The van der Waals surface area contributed by atoms with E-state index in [9.17, 15) is 13.2 Å². The standard InChI is InChI=1S/C7H7BrN2O4S/c1-2-15(13,14)7-9-3-4(8)5(10-7)6(11)12/h3H,2H2,1H3,(H,11,12). The van der Waals surface area contributed by atoms with E-state index in [1.165, 1.54) is 6.92 Å². The molecule has 0 saturated heterocycles. The number of carboxylic acid groups (broad SMARTS) is 1. The van der Waals surface area contributed by atoms with Gasteiger partial charge in [-0.15, -0.1) is 0 Å². The Morgan fingerprint density at radius 1 is 1.60 bits per heavy atom. The predicted molar refractivity (Wildman–Crippen MR) is 54.4 cm³/mol. The van der Waals surface area contributed by atoms with Crippen LogP contribution in [0.2, 0.25) is 0 Å². The SMILES string of the molecule is CCS(=O)(=O)c1ncc(Br)c(C(=O)O)n1. The number of carbonyl (C=O) groups is 1. The van der Waals surface area contributed by atoms with Crippen LogP contribution in [0, 0.1) is 0 Å². The predicted octanol–water partition coefficient (Wildman–Crippen LogP) is 0.731. The highest BCUT2D eigenvalue weighted by atomic mass is 79.9. The summed E-state index contributed by atoms with van der Waals surface area (Å²) in [7, 11) is -3.58. The Labute approximate surface area is 94.4 Å². The number of carboxylic acids is 1. The lowest BCUT2D eigenvalue weighted by atomic mass is 10.4. The fourth-order valence-corrected chi connectivity index (χ4v) is 1.84. The van der Waals surface area contributed by atoms with Gasteiger partial charge in [0.25, 0.3) is 0 Å². The first kappa shape index (κ1) is 12.1. The fourth-order valence-electron chi connectivity index (χ4n) is 0.780. The molecule has 0 atom stereocenters. The molecule has 0 bridgehead atoms. The summed E-state index contributed by atoms with van der Waals surface area (Å²) in [5.74, 6) is -1.48. The Kier molecular flexibility index (Phi) is 3.40. The molecule has 0 unspecified atom stereocenters. The van der Waals surface area contributed by atoms with Gasteiger partial charge in [0.05, 0.1) is 10.2 Å². The Bertz CT molecular complexity index is 500. The molecule has 1 aromatic heterocycles. The van der Waals surface area contributed by atoms with E-state index in [2.05, 4.69) is 25.9 Å². The Morgan fingerprint density at radius 2 is 2.20 bits per heavy atom. The minimum atomic E-state index is -3.58. The molecule has 0 saturated carbocycles. The number of hydrogen-bond acceptors (Lipinski definition) is 5. The molecular formula is C7H7BrN2O4S. The van der Waals surface area contributed by atoms with Gasteiger partial charge in [-0.25, -0.2) is 23.2 Å². The number of hydrogen-bond donors (Lipinski definition) is 1. The van der Waals surface area contributed by atoms with Crippen LogP contribution in [0.1, 0.15) is 17.4 Å². The molecule has 0 spiro atoms. The highest BCUT2D eigenvalue weighted by Gasteiger charge is 2.19. The van der Waals surface area contributed by atoms with Crippen LogP contribution in [0.25, 0.3) is 0 Å². The van der Waals surface area contributed by atoms with Crippen LogP contribution in [-0.2, 0) is 9.84 Å². The maximum absolute atomic E-state index is 11.4. The van der Waals surface area contributed by atoms with Gasteiger partial charge in [0.15, 0.2) is 5.69 Å². The van der Waals surface area contributed by atoms with Crippen molar-refractivity contribution in [3.63, 3.8) is 0 Å². The zero-order valence-electron chi connectivity index (χ0n) is 7.64. The molecule has 0 aliphatic heterocycles. The quantitative estimate of drug-likeness (QED) is 0.826. The number of aromatic carboxylic acids is 1. The molecule has 6 nitrogen and oxygen atoms in total. The minimum Gasteiger partial charge on any atom is -0.476 e. The smallest absolute Gasteiger partial charge is 0.355 e. The first-order chi connectivity index (χ1) is 6.88. The molecule has 1 heterocycles. The summed E-state index contributed by atoms with van der Waals surface area (Å²) in [6, 6.07) is 0. The maximum atomic E-state index is 11.4. The van der Waals surface area contributed by atoms with E-state index in [1.807, 2.05) is 0 Å². The zero-order chi connectivity index (χ0) is 11.6. The van der Waals surface area contributed by atoms with Crippen LogP contribution in [-0.4, -0.2) is 35.2 Å². The number of nitrogens with zero attached hydrogens (tertiary/aromatic N) is 2. The summed E-state index contributed by atoms with van der Waals surface area (Å²) >= 11 is 2.92. The van der Waals surface area contributed by atoms with Crippen LogP contribution < -0.4 is 0 Å². The summed E-state index contributed by atoms with van der Waals surface area (Å²) in [5, 5.41) is 8.25. The zero-order valence-corrected chi connectivity index (χ0v) is 10.0. The normalized spacial score (nSPS) is 11.3. The third-order valence-electron chi connectivity index (χ3n) is 1.58. The lowest BCUT2D eigenvalue weighted by molar-refractivity contribution is 0.0688. The second-order valence-corrected chi connectivity index (χ2v) is 5.58. The van der Waals surface area contributed by atoms with Crippen molar-refractivity contribution in [1.82, 2.24) is 9.97 Å². The molecule has 0 aliphatic carbocycles. The van der Waals surface area contributed by atoms with Crippen LogP contribution >= 0.6 is 15.9 Å². The third-order valence-corrected chi connectivity index (χ3v) is 3.68. The molecule has 82 valence electrons. The van der Waals surface area contributed by atoms with E-state index in [1.54, 1.807) is 0 Å². The summed E-state index contributed by atoms with van der Waals surface area (Å²) in [4.78, 5) is 17.7. The van der Waals surface area contributed by atoms with Gasteiger partial charge in [0, 0.05) is 6.20 Å². The monoisotopic (exact) mass is 294 g/mol. The minimum absolute atomic E-state index is 0.144. The van der Waals surface area contributed by atoms with E-state index >= 15 is 0 Å². The molecule has 0 radical (unpaired) electrons. The van der Waals surface area contributed by atoms with Gasteiger partial charge in [-0.3, -0.25) is 0 Å². The highest BCUT2D eigenvalue weighted by molar-refractivity contribution is 9.10. The van der Waals surface area contributed by atoms with Gasteiger partial charge >= 0.3 is 5.97 Å². The summed E-state index contributed by atoms with van der Waals surface area (Å²) in [6.45, 7) is 1.43. The largest absolute Gasteiger partial charge is 0.476 e. The van der Waals surface area contributed by atoms with Crippen LogP contribution in [0.3, 0.4) is 0 Å². The van der Waals surface area contributed by atoms with Crippen molar-refractivity contribution in [3.8, 4) is 0 Å². The average Bonchev–Trinajstić information content (AvgIpc) is 2.17. The van der Waals surface area contributed by atoms with Gasteiger partial charge in [-0.1, -0.05) is 6.92 Å². The second kappa shape index (κ2) is 4.23. The molecule has 0 fully saturated rings. The number of aromatic nitrogens is 2. The van der Waals surface area contributed by atoms with E-state index in [4.69, 9.17) is 5.11 Å². The molecule has 15 heavy (non-hydrogen) atoms.